The zero-order valence-electron chi connectivity index (χ0n) is 16.1. The van der Waals surface area contributed by atoms with Crippen LogP contribution in [-0.2, 0) is 9.53 Å². The molecule has 0 N–H and O–H groups in total. The van der Waals surface area contributed by atoms with Gasteiger partial charge in [-0.25, -0.2) is 9.69 Å². The van der Waals surface area contributed by atoms with Crippen molar-refractivity contribution in [3.8, 4) is 0 Å². The Morgan fingerprint density at radius 3 is 2.37 bits per heavy atom. The predicted octanol–water partition coefficient (Wildman–Crippen LogP) is 3.31. The van der Waals surface area contributed by atoms with Gasteiger partial charge in [0.2, 0.25) is 0 Å². The average Bonchev–Trinajstić information content (AvgIpc) is 3.02. The van der Waals surface area contributed by atoms with Gasteiger partial charge in [-0.15, -0.1) is 0 Å². The fourth-order valence-corrected chi connectivity index (χ4v) is 3.89. The first-order valence-electron chi connectivity index (χ1n) is 9.69. The van der Waals surface area contributed by atoms with Gasteiger partial charge in [0.25, 0.3) is 17.7 Å². The summed E-state index contributed by atoms with van der Waals surface area (Å²) in [7, 11) is 0. The maximum atomic E-state index is 12.8. The van der Waals surface area contributed by atoms with Crippen LogP contribution in [0, 0.1) is 0 Å². The monoisotopic (exact) mass is 426 g/mol. The molecule has 2 aliphatic rings. The second-order valence-corrected chi connectivity index (χ2v) is 7.58. The van der Waals surface area contributed by atoms with Gasteiger partial charge in [0.05, 0.1) is 27.4 Å². The van der Waals surface area contributed by atoms with E-state index in [0.717, 1.165) is 24.2 Å². The third-order valence-electron chi connectivity index (χ3n) is 5.25. The molecular formula is C22H19ClN2O5. The van der Waals surface area contributed by atoms with E-state index in [1.165, 1.54) is 18.2 Å². The molecule has 4 rings (SSSR count). The van der Waals surface area contributed by atoms with Crippen LogP contribution >= 0.6 is 11.6 Å². The number of benzene rings is 2. The van der Waals surface area contributed by atoms with Crippen LogP contribution in [0.3, 0.4) is 0 Å². The van der Waals surface area contributed by atoms with E-state index in [2.05, 4.69) is 0 Å². The minimum absolute atomic E-state index is 0.0942. The Kier molecular flexibility index (Phi) is 5.55. The van der Waals surface area contributed by atoms with Crippen molar-refractivity contribution in [2.75, 3.05) is 24.6 Å². The van der Waals surface area contributed by atoms with Gasteiger partial charge in [0.15, 0.2) is 6.61 Å². The highest BCUT2D eigenvalue weighted by atomic mass is 35.5. The Balaban J connectivity index is 1.49. The van der Waals surface area contributed by atoms with Crippen molar-refractivity contribution in [1.82, 2.24) is 4.90 Å². The summed E-state index contributed by atoms with van der Waals surface area (Å²) in [5.41, 5.74) is 0.654. The minimum atomic E-state index is -0.723. The summed E-state index contributed by atoms with van der Waals surface area (Å²) in [6.45, 7) is 0.988. The Morgan fingerprint density at radius 1 is 0.933 bits per heavy atom. The van der Waals surface area contributed by atoms with Crippen LogP contribution in [0.15, 0.2) is 42.5 Å². The van der Waals surface area contributed by atoms with Gasteiger partial charge in [-0.3, -0.25) is 14.4 Å². The van der Waals surface area contributed by atoms with Crippen LogP contribution in [0.2, 0.25) is 5.02 Å². The van der Waals surface area contributed by atoms with Crippen LogP contribution < -0.4 is 4.90 Å². The molecule has 0 aliphatic carbocycles. The van der Waals surface area contributed by atoms with Gasteiger partial charge < -0.3 is 9.64 Å². The molecule has 2 aromatic carbocycles. The van der Waals surface area contributed by atoms with Crippen molar-refractivity contribution in [2.24, 2.45) is 0 Å². The average molecular weight is 427 g/mol. The molecule has 2 heterocycles. The molecule has 30 heavy (non-hydrogen) atoms. The van der Waals surface area contributed by atoms with Gasteiger partial charge in [-0.2, -0.15) is 0 Å². The van der Waals surface area contributed by atoms with Crippen LogP contribution in [-0.4, -0.2) is 48.3 Å². The van der Waals surface area contributed by atoms with E-state index < -0.39 is 17.8 Å². The largest absolute Gasteiger partial charge is 0.452 e. The number of para-hydroxylation sites is 1. The lowest BCUT2D eigenvalue weighted by molar-refractivity contribution is -0.135. The number of likely N-dealkylation sites (tertiary alicyclic amines) is 1. The van der Waals surface area contributed by atoms with Gasteiger partial charge in [0, 0.05) is 13.1 Å². The molecule has 0 aromatic heterocycles. The van der Waals surface area contributed by atoms with Gasteiger partial charge in [-0.05, 0) is 49.6 Å². The number of nitrogens with zero attached hydrogens (tertiary/aromatic N) is 2. The minimum Gasteiger partial charge on any atom is -0.452 e. The summed E-state index contributed by atoms with van der Waals surface area (Å²) in [6, 6.07) is 10.7. The molecule has 0 atom stereocenters. The summed E-state index contributed by atoms with van der Waals surface area (Å²) >= 11 is 6.14. The number of amides is 3. The van der Waals surface area contributed by atoms with Crippen LogP contribution in [0.5, 0.6) is 0 Å². The van der Waals surface area contributed by atoms with Crippen LogP contribution in [0.4, 0.5) is 5.69 Å². The lowest BCUT2D eigenvalue weighted by Crippen LogP contribution is -2.38. The molecule has 2 aliphatic heterocycles. The van der Waals surface area contributed by atoms with E-state index in [0.29, 0.717) is 13.1 Å². The number of piperidine rings is 1. The van der Waals surface area contributed by atoms with Crippen molar-refractivity contribution in [2.45, 2.75) is 19.3 Å². The fraction of sp³-hybridized carbons (Fsp3) is 0.273. The number of hydrogen-bond donors (Lipinski definition) is 0. The normalized spacial score (nSPS) is 15.9. The van der Waals surface area contributed by atoms with E-state index in [1.54, 1.807) is 29.2 Å². The smallest absolute Gasteiger partial charge is 0.338 e. The van der Waals surface area contributed by atoms with E-state index in [9.17, 15) is 19.2 Å². The fourth-order valence-electron chi connectivity index (χ4n) is 3.66. The van der Waals surface area contributed by atoms with Crippen molar-refractivity contribution >= 4 is 41.0 Å². The molecule has 8 heteroatoms. The van der Waals surface area contributed by atoms with Crippen molar-refractivity contribution in [1.29, 1.82) is 0 Å². The molecule has 0 saturated carbocycles. The number of halogens is 1. The molecule has 0 spiro atoms. The number of rotatable bonds is 4. The van der Waals surface area contributed by atoms with Crippen molar-refractivity contribution in [3.63, 3.8) is 0 Å². The molecule has 0 radical (unpaired) electrons. The molecule has 154 valence electrons. The summed E-state index contributed by atoms with van der Waals surface area (Å²) in [6.07, 6.45) is 2.99. The van der Waals surface area contributed by atoms with Gasteiger partial charge in [-0.1, -0.05) is 23.7 Å². The number of ether oxygens (including phenoxy) is 1. The van der Waals surface area contributed by atoms with Crippen molar-refractivity contribution < 1.29 is 23.9 Å². The molecule has 1 saturated heterocycles. The first kappa shape index (κ1) is 20.1. The number of carbonyl (C=O) groups excluding carboxylic acids is 4. The highest BCUT2D eigenvalue weighted by Crippen LogP contribution is 2.33. The zero-order valence-corrected chi connectivity index (χ0v) is 16.9. The van der Waals surface area contributed by atoms with E-state index in [4.69, 9.17) is 16.3 Å². The molecular weight excluding hydrogens is 408 g/mol. The second-order valence-electron chi connectivity index (χ2n) is 7.18. The maximum Gasteiger partial charge on any atom is 0.338 e. The molecule has 2 aromatic rings. The van der Waals surface area contributed by atoms with Crippen LogP contribution in [0.25, 0.3) is 0 Å². The van der Waals surface area contributed by atoms with E-state index in [-0.39, 0.29) is 39.9 Å². The first-order chi connectivity index (χ1) is 14.5. The zero-order chi connectivity index (χ0) is 21.3. The highest BCUT2D eigenvalue weighted by molar-refractivity contribution is 6.39. The van der Waals surface area contributed by atoms with E-state index >= 15 is 0 Å². The summed E-state index contributed by atoms with van der Waals surface area (Å²) in [5, 5.41) is 0.267. The third kappa shape index (κ3) is 3.68. The number of fused-ring (bicyclic) bond motifs is 1. The predicted molar refractivity (Wildman–Crippen MR) is 110 cm³/mol. The third-order valence-corrected chi connectivity index (χ3v) is 5.57. The Morgan fingerprint density at radius 2 is 1.63 bits per heavy atom. The topological polar surface area (TPSA) is 84.0 Å². The number of anilines is 1. The molecule has 7 nitrogen and oxygen atoms in total. The second kappa shape index (κ2) is 8.28. The Labute approximate surface area is 178 Å². The summed E-state index contributed by atoms with van der Waals surface area (Å²) < 4.78 is 5.13. The molecule has 0 unspecified atom stereocenters. The first-order valence-corrected chi connectivity index (χ1v) is 10.1. The number of imide groups is 1. The van der Waals surface area contributed by atoms with Gasteiger partial charge >= 0.3 is 5.97 Å². The Bertz CT molecular complexity index is 1050. The van der Waals surface area contributed by atoms with E-state index in [1.807, 2.05) is 0 Å². The standard InChI is InChI=1S/C22H19ClN2O5/c23-17-6-2-3-7-18(17)25-20(27)15-9-8-14(12-16(15)21(25)28)22(29)30-13-19(26)24-10-4-1-5-11-24/h2-3,6-9,12H,1,4-5,10-11,13H2. The quantitative estimate of drug-likeness (QED) is 0.553. The number of esters is 1. The van der Waals surface area contributed by atoms with Crippen LogP contribution in [0.1, 0.15) is 50.3 Å². The number of carbonyl (C=O) groups is 4. The summed E-state index contributed by atoms with van der Waals surface area (Å²) in [5.74, 6) is -2.04. The molecule has 0 bridgehead atoms. The SMILES string of the molecule is O=C(OCC(=O)N1CCCCC1)c1ccc2c(c1)C(=O)N(c1ccccc1Cl)C2=O. The Hall–Kier alpha value is -3.19. The van der Waals surface area contributed by atoms with Gasteiger partial charge in [0.1, 0.15) is 0 Å². The van der Waals surface area contributed by atoms with Crippen molar-refractivity contribution in [3.05, 3.63) is 64.2 Å². The molecule has 3 amide bonds. The lowest BCUT2D eigenvalue weighted by atomic mass is 10.1. The highest BCUT2D eigenvalue weighted by Gasteiger charge is 2.38. The molecule has 1 fully saturated rings. The lowest BCUT2D eigenvalue weighted by Gasteiger charge is -2.26. The number of hydrogen-bond acceptors (Lipinski definition) is 5. The maximum absolute atomic E-state index is 12.8. The summed E-state index contributed by atoms with van der Waals surface area (Å²) in [4.78, 5) is 52.8.